The second-order valence-electron chi connectivity index (χ2n) is 7.98. The topological polar surface area (TPSA) is 72.9 Å². The normalized spacial score (nSPS) is 16.5. The van der Waals surface area contributed by atoms with Crippen LogP contribution in [0.15, 0.2) is 48.5 Å². The molecule has 6 heteroatoms. The van der Waals surface area contributed by atoms with E-state index in [1.165, 1.54) is 11.1 Å². The Balaban J connectivity index is 1.39. The molecule has 2 aromatic carbocycles. The molecule has 0 unspecified atom stereocenters. The van der Waals surface area contributed by atoms with Gasteiger partial charge in [0.05, 0.1) is 19.6 Å². The monoisotopic (exact) mass is 421 g/mol. The molecule has 1 amide bonds. The van der Waals surface area contributed by atoms with Crippen LogP contribution in [0.1, 0.15) is 52.4 Å². The number of carbonyl (C=O) groups is 3. The quantitative estimate of drug-likeness (QED) is 0.507. The summed E-state index contributed by atoms with van der Waals surface area (Å²) in [6, 6.07) is 14.8. The van der Waals surface area contributed by atoms with E-state index < -0.39 is 12.1 Å². The summed E-state index contributed by atoms with van der Waals surface area (Å²) in [5, 5.41) is 0. The second kappa shape index (κ2) is 9.88. The zero-order valence-corrected chi connectivity index (χ0v) is 17.5. The van der Waals surface area contributed by atoms with Gasteiger partial charge in [0.1, 0.15) is 0 Å². The number of aryl methyl sites for hydroxylation is 2. The van der Waals surface area contributed by atoms with Gasteiger partial charge in [-0.1, -0.05) is 42.5 Å². The van der Waals surface area contributed by atoms with Crippen molar-refractivity contribution in [2.24, 2.45) is 0 Å². The number of morpholine rings is 1. The first kappa shape index (κ1) is 21.2. The van der Waals surface area contributed by atoms with Crippen LogP contribution in [0.25, 0.3) is 0 Å². The zero-order valence-electron chi connectivity index (χ0n) is 17.5. The fourth-order valence-corrected chi connectivity index (χ4v) is 4.13. The van der Waals surface area contributed by atoms with Gasteiger partial charge in [-0.05, 0) is 36.5 Å². The third-order valence-corrected chi connectivity index (χ3v) is 5.88. The molecule has 0 saturated carbocycles. The molecule has 0 N–H and O–H groups in total. The molecular weight excluding hydrogens is 394 g/mol. The van der Waals surface area contributed by atoms with E-state index in [4.69, 9.17) is 9.47 Å². The number of nitrogens with zero attached hydrogens (tertiary/aromatic N) is 1. The first-order chi connectivity index (χ1) is 15.1. The maximum Gasteiger partial charge on any atom is 0.307 e. The summed E-state index contributed by atoms with van der Waals surface area (Å²) in [4.78, 5) is 39.8. The lowest BCUT2D eigenvalue weighted by molar-refractivity contribution is -0.162. The number of Topliss-reactive ketones (excluding diaryl/α,β-unsaturated/α-hetero) is 1. The van der Waals surface area contributed by atoms with Crippen molar-refractivity contribution in [1.29, 1.82) is 0 Å². The zero-order chi connectivity index (χ0) is 21.6. The predicted octanol–water partition coefficient (Wildman–Crippen LogP) is 3.28. The van der Waals surface area contributed by atoms with E-state index in [-0.39, 0.29) is 24.5 Å². The molecule has 31 heavy (non-hydrogen) atoms. The molecule has 0 bridgehead atoms. The molecule has 0 spiro atoms. The molecule has 6 nitrogen and oxygen atoms in total. The first-order valence-corrected chi connectivity index (χ1v) is 10.9. The third-order valence-electron chi connectivity index (χ3n) is 5.88. The van der Waals surface area contributed by atoms with Gasteiger partial charge in [-0.2, -0.15) is 0 Å². The minimum atomic E-state index is -1.01. The lowest BCUT2D eigenvalue weighted by atomic mass is 10.0. The number of esters is 1. The van der Waals surface area contributed by atoms with Gasteiger partial charge in [0, 0.05) is 30.6 Å². The summed E-state index contributed by atoms with van der Waals surface area (Å²) < 4.78 is 10.9. The van der Waals surface area contributed by atoms with Gasteiger partial charge in [-0.25, -0.2) is 0 Å². The number of fused-ring (bicyclic) bond motifs is 1. The van der Waals surface area contributed by atoms with Crippen LogP contribution >= 0.6 is 0 Å². The van der Waals surface area contributed by atoms with Crippen molar-refractivity contribution in [1.82, 2.24) is 4.90 Å². The Hall–Kier alpha value is -2.99. The van der Waals surface area contributed by atoms with E-state index in [1.54, 1.807) is 29.2 Å². The van der Waals surface area contributed by atoms with Crippen molar-refractivity contribution in [3.63, 3.8) is 0 Å². The smallest absolute Gasteiger partial charge is 0.307 e. The average molecular weight is 421 g/mol. The Kier molecular flexibility index (Phi) is 6.77. The highest BCUT2D eigenvalue weighted by Crippen LogP contribution is 2.24. The molecule has 1 fully saturated rings. The molecule has 4 rings (SSSR count). The van der Waals surface area contributed by atoms with E-state index >= 15 is 0 Å². The number of benzene rings is 2. The Morgan fingerprint density at radius 2 is 1.68 bits per heavy atom. The second-order valence-corrected chi connectivity index (χ2v) is 7.98. The maximum atomic E-state index is 13.0. The van der Waals surface area contributed by atoms with Gasteiger partial charge in [-0.3, -0.25) is 14.4 Å². The number of carbonyl (C=O) groups excluding carboxylic acids is 3. The van der Waals surface area contributed by atoms with Crippen LogP contribution in [0.2, 0.25) is 0 Å². The standard InChI is InChI=1S/C25H27NO5/c27-22(21-10-9-18-7-4-8-20(18)17-21)11-12-23(28)31-24(19-5-2-1-3-6-19)25(29)26-13-15-30-16-14-26/h1-3,5-6,9-10,17,24H,4,7-8,11-16H2/t24-/m0/s1. The number of ether oxygens (including phenoxy) is 2. The Bertz CT molecular complexity index is 950. The SMILES string of the molecule is O=C(CCC(=O)c1ccc2c(c1)CCC2)O[C@H](C(=O)N1CCOCC1)c1ccccc1. The van der Waals surface area contributed by atoms with Gasteiger partial charge >= 0.3 is 5.97 Å². The fourth-order valence-electron chi connectivity index (χ4n) is 4.13. The highest BCUT2D eigenvalue weighted by Gasteiger charge is 2.30. The number of rotatable bonds is 7. The van der Waals surface area contributed by atoms with Gasteiger partial charge in [0.15, 0.2) is 5.78 Å². The first-order valence-electron chi connectivity index (χ1n) is 10.9. The maximum absolute atomic E-state index is 13.0. The molecule has 1 saturated heterocycles. The summed E-state index contributed by atoms with van der Waals surface area (Å²) in [7, 11) is 0. The van der Waals surface area contributed by atoms with Crippen LogP contribution in [0.5, 0.6) is 0 Å². The van der Waals surface area contributed by atoms with Crippen LogP contribution in [0.4, 0.5) is 0 Å². The summed E-state index contributed by atoms with van der Waals surface area (Å²) >= 11 is 0. The van der Waals surface area contributed by atoms with Crippen LogP contribution < -0.4 is 0 Å². The van der Waals surface area contributed by atoms with Crippen LogP contribution in [0.3, 0.4) is 0 Å². The van der Waals surface area contributed by atoms with E-state index in [0.29, 0.717) is 37.4 Å². The number of ketones is 1. The van der Waals surface area contributed by atoms with Crippen molar-refractivity contribution >= 4 is 17.7 Å². The van der Waals surface area contributed by atoms with E-state index in [1.807, 2.05) is 24.3 Å². The van der Waals surface area contributed by atoms with Gasteiger partial charge in [-0.15, -0.1) is 0 Å². The Labute approximate surface area is 182 Å². The number of amides is 1. The minimum absolute atomic E-state index is 0.0599. The Morgan fingerprint density at radius 1 is 0.935 bits per heavy atom. The molecule has 2 aromatic rings. The van der Waals surface area contributed by atoms with Crippen molar-refractivity contribution in [2.45, 2.75) is 38.2 Å². The molecule has 0 radical (unpaired) electrons. The Morgan fingerprint density at radius 3 is 2.45 bits per heavy atom. The average Bonchev–Trinajstić information content (AvgIpc) is 3.29. The summed E-state index contributed by atoms with van der Waals surface area (Å²) in [6.45, 7) is 1.88. The van der Waals surface area contributed by atoms with Gasteiger partial charge < -0.3 is 14.4 Å². The minimum Gasteiger partial charge on any atom is -0.447 e. The molecule has 1 aliphatic heterocycles. The highest BCUT2D eigenvalue weighted by molar-refractivity contribution is 5.98. The molecule has 162 valence electrons. The van der Waals surface area contributed by atoms with E-state index in [0.717, 1.165) is 19.3 Å². The molecule has 1 heterocycles. The largest absolute Gasteiger partial charge is 0.447 e. The van der Waals surface area contributed by atoms with E-state index in [9.17, 15) is 14.4 Å². The van der Waals surface area contributed by atoms with Crippen molar-refractivity contribution < 1.29 is 23.9 Å². The van der Waals surface area contributed by atoms with Gasteiger partial charge in [0.25, 0.3) is 5.91 Å². The fraction of sp³-hybridized carbons (Fsp3) is 0.400. The van der Waals surface area contributed by atoms with Gasteiger partial charge in [0.2, 0.25) is 6.10 Å². The van der Waals surface area contributed by atoms with Crippen LogP contribution in [-0.2, 0) is 31.9 Å². The molecule has 2 aliphatic rings. The van der Waals surface area contributed by atoms with E-state index in [2.05, 4.69) is 0 Å². The lowest BCUT2D eigenvalue weighted by Gasteiger charge is -2.30. The molecular formula is C25H27NO5. The van der Waals surface area contributed by atoms with Crippen molar-refractivity contribution in [3.8, 4) is 0 Å². The van der Waals surface area contributed by atoms with Crippen LogP contribution in [-0.4, -0.2) is 48.9 Å². The van der Waals surface area contributed by atoms with Crippen molar-refractivity contribution in [3.05, 3.63) is 70.8 Å². The number of hydrogen-bond donors (Lipinski definition) is 0. The number of hydrogen-bond acceptors (Lipinski definition) is 5. The highest BCUT2D eigenvalue weighted by atomic mass is 16.5. The predicted molar refractivity (Wildman–Crippen MR) is 115 cm³/mol. The third kappa shape index (κ3) is 5.20. The summed E-state index contributed by atoms with van der Waals surface area (Å²) in [5.41, 5.74) is 3.80. The summed E-state index contributed by atoms with van der Waals surface area (Å²) in [5.74, 6) is -0.889. The molecule has 1 aliphatic carbocycles. The van der Waals surface area contributed by atoms with Crippen LogP contribution in [0, 0.1) is 0 Å². The van der Waals surface area contributed by atoms with Crippen molar-refractivity contribution in [2.75, 3.05) is 26.3 Å². The lowest BCUT2D eigenvalue weighted by Crippen LogP contribution is -2.44. The molecule has 1 atom stereocenters. The summed E-state index contributed by atoms with van der Waals surface area (Å²) in [6.07, 6.45) is 2.18. The molecule has 0 aromatic heterocycles.